The van der Waals surface area contributed by atoms with Crippen LogP contribution in [0.1, 0.15) is 13.3 Å². The molecule has 104 valence electrons. The van der Waals surface area contributed by atoms with Gasteiger partial charge in [-0.1, -0.05) is 0 Å². The van der Waals surface area contributed by atoms with Gasteiger partial charge < -0.3 is 14.8 Å². The van der Waals surface area contributed by atoms with Crippen LogP contribution in [-0.2, 0) is 0 Å². The number of hydrogen-bond acceptors (Lipinski definition) is 5. The van der Waals surface area contributed by atoms with Crippen molar-refractivity contribution < 1.29 is 14.4 Å². The van der Waals surface area contributed by atoms with Gasteiger partial charge in [0.15, 0.2) is 0 Å². The van der Waals surface area contributed by atoms with E-state index < -0.39 is 4.92 Å². The fourth-order valence-electron chi connectivity index (χ4n) is 2.08. The minimum atomic E-state index is -0.449. The molecule has 0 radical (unpaired) electrons. The van der Waals surface area contributed by atoms with E-state index in [0.29, 0.717) is 24.9 Å². The van der Waals surface area contributed by atoms with Crippen molar-refractivity contribution in [3.05, 3.63) is 28.3 Å². The fourth-order valence-corrected chi connectivity index (χ4v) is 2.08. The van der Waals surface area contributed by atoms with Crippen molar-refractivity contribution in [2.24, 2.45) is 5.92 Å². The number of ether oxygens (including phenoxy) is 2. The smallest absolute Gasteiger partial charge is 0.311 e. The summed E-state index contributed by atoms with van der Waals surface area (Å²) < 4.78 is 10.9. The van der Waals surface area contributed by atoms with Gasteiger partial charge in [0.05, 0.1) is 18.1 Å². The minimum absolute atomic E-state index is 0.0308. The molecular weight excluding hydrogens is 248 g/mol. The Kier molecular flexibility index (Phi) is 4.57. The molecule has 1 fully saturated rings. The quantitative estimate of drug-likeness (QED) is 0.629. The predicted octanol–water partition coefficient (Wildman–Crippen LogP) is 1.98. The molecule has 6 heteroatoms. The molecule has 1 unspecified atom stereocenters. The maximum absolute atomic E-state index is 10.9. The average Bonchev–Trinajstić information content (AvgIpc) is 2.90. The van der Waals surface area contributed by atoms with Crippen molar-refractivity contribution in [1.82, 2.24) is 5.32 Å². The molecule has 19 heavy (non-hydrogen) atoms. The lowest BCUT2D eigenvalue weighted by molar-refractivity contribution is -0.385. The number of rotatable bonds is 6. The molecule has 0 bridgehead atoms. The average molecular weight is 266 g/mol. The predicted molar refractivity (Wildman–Crippen MR) is 70.7 cm³/mol. The second-order valence-corrected chi connectivity index (χ2v) is 4.49. The molecule has 1 aliphatic rings. The maximum atomic E-state index is 10.9. The number of nitro benzene ring substituents is 1. The van der Waals surface area contributed by atoms with Gasteiger partial charge in [-0.25, -0.2) is 0 Å². The van der Waals surface area contributed by atoms with E-state index in [0.717, 1.165) is 19.5 Å². The topological polar surface area (TPSA) is 73.6 Å². The van der Waals surface area contributed by atoms with Crippen LogP contribution in [0.4, 0.5) is 5.69 Å². The van der Waals surface area contributed by atoms with Gasteiger partial charge in [-0.15, -0.1) is 0 Å². The van der Waals surface area contributed by atoms with Crippen LogP contribution in [0.25, 0.3) is 0 Å². The molecule has 0 saturated carbocycles. The summed E-state index contributed by atoms with van der Waals surface area (Å²) in [7, 11) is 0. The van der Waals surface area contributed by atoms with Crippen molar-refractivity contribution in [3.8, 4) is 11.5 Å². The molecular formula is C13H18N2O4. The lowest BCUT2D eigenvalue weighted by atomic mass is 10.1. The standard InChI is InChI=1S/C13H18N2O4/c1-2-18-13-7-11(3-4-12(13)15(16)17)19-9-10-5-6-14-8-10/h3-4,7,10,14H,2,5-6,8-9H2,1H3. The molecule has 0 amide bonds. The van der Waals surface area contributed by atoms with Crippen LogP contribution >= 0.6 is 0 Å². The molecule has 1 saturated heterocycles. The van der Waals surface area contributed by atoms with E-state index in [1.165, 1.54) is 6.07 Å². The van der Waals surface area contributed by atoms with E-state index >= 15 is 0 Å². The molecule has 1 aromatic carbocycles. The molecule has 1 aliphatic heterocycles. The number of nitrogens with zero attached hydrogens (tertiary/aromatic N) is 1. The Labute approximate surface area is 111 Å². The Bertz CT molecular complexity index is 444. The molecule has 0 spiro atoms. The van der Waals surface area contributed by atoms with Crippen LogP contribution in [0.3, 0.4) is 0 Å². The number of hydrogen-bond donors (Lipinski definition) is 1. The molecule has 0 aromatic heterocycles. The monoisotopic (exact) mass is 266 g/mol. The Balaban J connectivity index is 2.04. The van der Waals surface area contributed by atoms with Gasteiger partial charge in [0.1, 0.15) is 5.75 Å². The third-order valence-corrected chi connectivity index (χ3v) is 3.08. The first-order valence-corrected chi connectivity index (χ1v) is 6.45. The molecule has 1 heterocycles. The summed E-state index contributed by atoms with van der Waals surface area (Å²) in [4.78, 5) is 10.4. The largest absolute Gasteiger partial charge is 0.493 e. The second-order valence-electron chi connectivity index (χ2n) is 4.49. The first kappa shape index (κ1) is 13.6. The highest BCUT2D eigenvalue weighted by Crippen LogP contribution is 2.31. The molecule has 6 nitrogen and oxygen atoms in total. The zero-order valence-corrected chi connectivity index (χ0v) is 10.9. The summed E-state index contributed by atoms with van der Waals surface area (Å²) in [5, 5.41) is 14.1. The minimum Gasteiger partial charge on any atom is -0.493 e. The van der Waals surface area contributed by atoms with E-state index in [2.05, 4.69) is 5.32 Å². The van der Waals surface area contributed by atoms with E-state index in [1.807, 2.05) is 0 Å². The molecule has 1 N–H and O–H groups in total. The normalized spacial score (nSPS) is 18.3. The van der Waals surface area contributed by atoms with Crippen LogP contribution in [-0.4, -0.2) is 31.2 Å². The zero-order valence-electron chi connectivity index (χ0n) is 10.9. The van der Waals surface area contributed by atoms with Crippen LogP contribution in [0, 0.1) is 16.0 Å². The fraction of sp³-hybridized carbons (Fsp3) is 0.538. The van der Waals surface area contributed by atoms with Crippen LogP contribution in [0.2, 0.25) is 0 Å². The summed E-state index contributed by atoms with van der Waals surface area (Å²) in [6.07, 6.45) is 1.10. The second kappa shape index (κ2) is 6.38. The lowest BCUT2D eigenvalue weighted by Gasteiger charge is -2.12. The van der Waals surface area contributed by atoms with Crippen LogP contribution in [0.5, 0.6) is 11.5 Å². The Morgan fingerprint density at radius 2 is 2.32 bits per heavy atom. The summed E-state index contributed by atoms with van der Waals surface area (Å²) >= 11 is 0. The van der Waals surface area contributed by atoms with Crippen molar-refractivity contribution in [1.29, 1.82) is 0 Å². The van der Waals surface area contributed by atoms with E-state index in [1.54, 1.807) is 19.1 Å². The summed E-state index contributed by atoms with van der Waals surface area (Å²) in [6, 6.07) is 4.63. The van der Waals surface area contributed by atoms with Crippen molar-refractivity contribution in [3.63, 3.8) is 0 Å². The Morgan fingerprint density at radius 3 is 2.95 bits per heavy atom. The first-order valence-electron chi connectivity index (χ1n) is 6.45. The number of nitrogens with one attached hydrogen (secondary N) is 1. The Hall–Kier alpha value is -1.82. The molecule has 1 aromatic rings. The SMILES string of the molecule is CCOc1cc(OCC2CCNC2)ccc1[N+](=O)[O-]. The van der Waals surface area contributed by atoms with Gasteiger partial charge in [-0.3, -0.25) is 10.1 Å². The highest BCUT2D eigenvalue weighted by Gasteiger charge is 2.18. The maximum Gasteiger partial charge on any atom is 0.311 e. The summed E-state index contributed by atoms with van der Waals surface area (Å²) in [5.41, 5.74) is -0.0308. The zero-order chi connectivity index (χ0) is 13.7. The van der Waals surface area contributed by atoms with Gasteiger partial charge in [0.25, 0.3) is 0 Å². The summed E-state index contributed by atoms with van der Waals surface area (Å²) in [6.45, 7) is 4.79. The lowest BCUT2D eigenvalue weighted by Crippen LogP contribution is -2.15. The van der Waals surface area contributed by atoms with Gasteiger partial charge in [-0.05, 0) is 26.0 Å². The highest BCUT2D eigenvalue weighted by molar-refractivity contribution is 5.50. The van der Waals surface area contributed by atoms with Gasteiger partial charge >= 0.3 is 5.69 Å². The van der Waals surface area contributed by atoms with E-state index in [-0.39, 0.29) is 11.4 Å². The number of nitro groups is 1. The van der Waals surface area contributed by atoms with Gasteiger partial charge in [0.2, 0.25) is 5.75 Å². The van der Waals surface area contributed by atoms with Crippen molar-refractivity contribution in [2.45, 2.75) is 13.3 Å². The van der Waals surface area contributed by atoms with Gasteiger partial charge in [-0.2, -0.15) is 0 Å². The number of benzene rings is 1. The third kappa shape index (κ3) is 3.57. The molecule has 0 aliphatic carbocycles. The molecule has 1 atom stereocenters. The first-order chi connectivity index (χ1) is 9.20. The van der Waals surface area contributed by atoms with E-state index in [9.17, 15) is 10.1 Å². The third-order valence-electron chi connectivity index (χ3n) is 3.08. The summed E-state index contributed by atoms with van der Waals surface area (Å²) in [5.74, 6) is 1.38. The van der Waals surface area contributed by atoms with Gasteiger partial charge in [0, 0.05) is 24.6 Å². The van der Waals surface area contributed by atoms with Crippen molar-refractivity contribution >= 4 is 5.69 Å². The van der Waals surface area contributed by atoms with Crippen LogP contribution < -0.4 is 14.8 Å². The molecule has 2 rings (SSSR count). The highest BCUT2D eigenvalue weighted by atomic mass is 16.6. The van der Waals surface area contributed by atoms with Crippen molar-refractivity contribution in [2.75, 3.05) is 26.3 Å². The van der Waals surface area contributed by atoms with E-state index in [4.69, 9.17) is 9.47 Å². The Morgan fingerprint density at radius 1 is 1.47 bits per heavy atom. The van der Waals surface area contributed by atoms with Crippen LogP contribution in [0.15, 0.2) is 18.2 Å².